The monoisotopic (exact) mass is 235 g/mol. The lowest BCUT2D eigenvalue weighted by atomic mass is 10.2. The van der Waals surface area contributed by atoms with Gasteiger partial charge in [0, 0.05) is 30.9 Å². The minimum Gasteiger partial charge on any atom is -0.395 e. The zero-order valence-corrected chi connectivity index (χ0v) is 10.4. The number of rotatable bonds is 5. The molecule has 0 radical (unpaired) electrons. The molecule has 1 aliphatic rings. The van der Waals surface area contributed by atoms with E-state index in [4.69, 9.17) is 0 Å². The first-order chi connectivity index (χ1) is 8.35. The van der Waals surface area contributed by atoms with Crippen LogP contribution in [-0.2, 0) is 6.54 Å². The van der Waals surface area contributed by atoms with E-state index in [2.05, 4.69) is 28.2 Å². The number of hydrogen-bond donors (Lipinski definition) is 2. The molecule has 1 aliphatic heterocycles. The SMILES string of the molecule is CCNc1ncccc1CN1CCCC1CO. The number of aromatic nitrogens is 1. The van der Waals surface area contributed by atoms with Gasteiger partial charge in [-0.3, -0.25) is 4.90 Å². The zero-order chi connectivity index (χ0) is 12.1. The van der Waals surface area contributed by atoms with Crippen molar-refractivity contribution in [3.63, 3.8) is 0 Å². The van der Waals surface area contributed by atoms with Crippen LogP contribution in [0.1, 0.15) is 25.3 Å². The number of pyridine rings is 1. The molecule has 0 spiro atoms. The van der Waals surface area contributed by atoms with Crippen LogP contribution in [0.2, 0.25) is 0 Å². The second kappa shape index (κ2) is 5.98. The molecule has 1 aromatic heterocycles. The Morgan fingerprint density at radius 3 is 3.24 bits per heavy atom. The molecular weight excluding hydrogens is 214 g/mol. The maximum atomic E-state index is 9.31. The number of aliphatic hydroxyl groups excluding tert-OH is 1. The second-order valence-corrected chi connectivity index (χ2v) is 4.49. The van der Waals surface area contributed by atoms with Gasteiger partial charge >= 0.3 is 0 Å². The van der Waals surface area contributed by atoms with E-state index in [-0.39, 0.29) is 6.61 Å². The van der Waals surface area contributed by atoms with Crippen LogP contribution in [-0.4, -0.2) is 40.7 Å². The highest BCUT2D eigenvalue weighted by Crippen LogP contribution is 2.22. The normalized spacial score (nSPS) is 20.7. The molecular formula is C13H21N3O. The Hall–Kier alpha value is -1.13. The summed E-state index contributed by atoms with van der Waals surface area (Å²) in [7, 11) is 0. The number of likely N-dealkylation sites (tertiary alicyclic amines) is 1. The Morgan fingerprint density at radius 1 is 1.59 bits per heavy atom. The average Bonchev–Trinajstić information content (AvgIpc) is 2.79. The van der Waals surface area contributed by atoms with Crippen LogP contribution in [0.5, 0.6) is 0 Å². The summed E-state index contributed by atoms with van der Waals surface area (Å²) in [6.45, 7) is 5.17. The number of anilines is 1. The highest BCUT2D eigenvalue weighted by Gasteiger charge is 2.24. The fourth-order valence-corrected chi connectivity index (χ4v) is 2.42. The van der Waals surface area contributed by atoms with Gasteiger partial charge in [0.2, 0.25) is 0 Å². The van der Waals surface area contributed by atoms with E-state index in [0.717, 1.165) is 31.9 Å². The fourth-order valence-electron chi connectivity index (χ4n) is 2.42. The summed E-state index contributed by atoms with van der Waals surface area (Å²) in [6, 6.07) is 4.41. The molecule has 2 heterocycles. The molecule has 4 nitrogen and oxygen atoms in total. The predicted octanol–water partition coefficient (Wildman–Crippen LogP) is 1.47. The fraction of sp³-hybridized carbons (Fsp3) is 0.615. The maximum absolute atomic E-state index is 9.31. The van der Waals surface area contributed by atoms with E-state index in [1.165, 1.54) is 12.0 Å². The number of nitrogens with zero attached hydrogens (tertiary/aromatic N) is 2. The van der Waals surface area contributed by atoms with Gasteiger partial charge in [-0.15, -0.1) is 0 Å². The minimum atomic E-state index is 0.261. The molecule has 2 N–H and O–H groups in total. The van der Waals surface area contributed by atoms with Gasteiger partial charge < -0.3 is 10.4 Å². The molecule has 17 heavy (non-hydrogen) atoms. The van der Waals surface area contributed by atoms with Crippen molar-refractivity contribution in [3.8, 4) is 0 Å². The summed E-state index contributed by atoms with van der Waals surface area (Å²) in [5.41, 5.74) is 1.22. The highest BCUT2D eigenvalue weighted by molar-refractivity contribution is 5.43. The van der Waals surface area contributed by atoms with Crippen molar-refractivity contribution in [3.05, 3.63) is 23.9 Å². The standard InChI is InChI=1S/C13H21N3O/c1-2-14-13-11(5-3-7-15-13)9-16-8-4-6-12(16)10-17/h3,5,7,12,17H,2,4,6,8-10H2,1H3,(H,14,15). The Kier molecular flexibility index (Phi) is 4.34. The van der Waals surface area contributed by atoms with Gasteiger partial charge in [0.05, 0.1) is 6.61 Å². The lowest BCUT2D eigenvalue weighted by molar-refractivity contribution is 0.153. The molecule has 0 bridgehead atoms. The van der Waals surface area contributed by atoms with Crippen molar-refractivity contribution in [2.45, 2.75) is 32.4 Å². The Bertz CT molecular complexity index is 356. The van der Waals surface area contributed by atoms with Gasteiger partial charge in [-0.2, -0.15) is 0 Å². The summed E-state index contributed by atoms with van der Waals surface area (Å²) in [5, 5.41) is 12.6. The van der Waals surface area contributed by atoms with Crippen molar-refractivity contribution in [2.24, 2.45) is 0 Å². The molecule has 94 valence electrons. The van der Waals surface area contributed by atoms with Crippen LogP contribution in [0.15, 0.2) is 18.3 Å². The van der Waals surface area contributed by atoms with E-state index >= 15 is 0 Å². The number of hydrogen-bond acceptors (Lipinski definition) is 4. The molecule has 0 amide bonds. The van der Waals surface area contributed by atoms with E-state index in [1.54, 1.807) is 0 Å². The molecule has 1 unspecified atom stereocenters. The molecule has 1 saturated heterocycles. The van der Waals surface area contributed by atoms with Crippen molar-refractivity contribution in [2.75, 3.05) is 25.0 Å². The van der Waals surface area contributed by atoms with Crippen molar-refractivity contribution in [1.82, 2.24) is 9.88 Å². The summed E-state index contributed by atoms with van der Waals surface area (Å²) < 4.78 is 0. The Balaban J connectivity index is 2.07. The average molecular weight is 235 g/mol. The van der Waals surface area contributed by atoms with Crippen molar-refractivity contribution in [1.29, 1.82) is 0 Å². The number of aliphatic hydroxyl groups is 1. The first kappa shape index (κ1) is 12.3. The third kappa shape index (κ3) is 2.96. The first-order valence-corrected chi connectivity index (χ1v) is 6.37. The summed E-state index contributed by atoms with van der Waals surface area (Å²) in [5.74, 6) is 0.971. The van der Waals surface area contributed by atoms with Gasteiger partial charge in [0.15, 0.2) is 0 Å². The van der Waals surface area contributed by atoms with Gasteiger partial charge in [0.25, 0.3) is 0 Å². The molecule has 0 aliphatic carbocycles. The van der Waals surface area contributed by atoms with Gasteiger partial charge in [-0.05, 0) is 32.4 Å². The van der Waals surface area contributed by atoms with Crippen LogP contribution >= 0.6 is 0 Å². The Labute approximate surface area is 103 Å². The molecule has 0 saturated carbocycles. The smallest absolute Gasteiger partial charge is 0.130 e. The van der Waals surface area contributed by atoms with Crippen molar-refractivity contribution >= 4 is 5.82 Å². The predicted molar refractivity (Wildman–Crippen MR) is 68.9 cm³/mol. The third-order valence-electron chi connectivity index (χ3n) is 3.32. The number of nitrogens with one attached hydrogen (secondary N) is 1. The second-order valence-electron chi connectivity index (χ2n) is 4.49. The molecule has 1 fully saturated rings. The van der Waals surface area contributed by atoms with Crippen LogP contribution in [0, 0.1) is 0 Å². The van der Waals surface area contributed by atoms with Crippen molar-refractivity contribution < 1.29 is 5.11 Å². The topological polar surface area (TPSA) is 48.4 Å². The van der Waals surface area contributed by atoms with E-state index in [0.29, 0.717) is 6.04 Å². The largest absolute Gasteiger partial charge is 0.395 e. The maximum Gasteiger partial charge on any atom is 0.130 e. The lowest BCUT2D eigenvalue weighted by Gasteiger charge is -2.23. The van der Waals surface area contributed by atoms with Crippen LogP contribution in [0.4, 0.5) is 5.82 Å². The Morgan fingerprint density at radius 2 is 2.47 bits per heavy atom. The van der Waals surface area contributed by atoms with E-state index < -0.39 is 0 Å². The quantitative estimate of drug-likeness (QED) is 0.811. The molecule has 1 atom stereocenters. The molecule has 1 aromatic rings. The van der Waals surface area contributed by atoms with Crippen LogP contribution < -0.4 is 5.32 Å². The first-order valence-electron chi connectivity index (χ1n) is 6.37. The van der Waals surface area contributed by atoms with Gasteiger partial charge in [-0.25, -0.2) is 4.98 Å². The van der Waals surface area contributed by atoms with Gasteiger partial charge in [0.1, 0.15) is 5.82 Å². The van der Waals surface area contributed by atoms with Crippen LogP contribution in [0.25, 0.3) is 0 Å². The summed E-state index contributed by atoms with van der Waals surface area (Å²) in [4.78, 5) is 6.71. The highest BCUT2D eigenvalue weighted by atomic mass is 16.3. The van der Waals surface area contributed by atoms with E-state index in [1.807, 2.05) is 12.3 Å². The van der Waals surface area contributed by atoms with E-state index in [9.17, 15) is 5.11 Å². The molecule has 0 aromatic carbocycles. The third-order valence-corrected chi connectivity index (χ3v) is 3.32. The minimum absolute atomic E-state index is 0.261. The molecule has 2 rings (SSSR count). The zero-order valence-electron chi connectivity index (χ0n) is 10.4. The summed E-state index contributed by atoms with van der Waals surface area (Å²) >= 11 is 0. The van der Waals surface area contributed by atoms with Crippen LogP contribution in [0.3, 0.4) is 0 Å². The summed E-state index contributed by atoms with van der Waals surface area (Å²) in [6.07, 6.45) is 4.10. The molecule has 4 heteroatoms. The lowest BCUT2D eigenvalue weighted by Crippen LogP contribution is -2.31. The van der Waals surface area contributed by atoms with Gasteiger partial charge in [-0.1, -0.05) is 6.07 Å².